The molecule has 0 fully saturated rings. The highest BCUT2D eigenvalue weighted by atomic mass is 35.5. The average Bonchev–Trinajstić information content (AvgIpc) is 2.71. The predicted molar refractivity (Wildman–Crippen MR) is 112 cm³/mol. The molecule has 27 heavy (non-hydrogen) atoms. The van der Waals surface area contributed by atoms with E-state index in [1.807, 2.05) is 67.6 Å². The van der Waals surface area contributed by atoms with Gasteiger partial charge >= 0.3 is 0 Å². The van der Waals surface area contributed by atoms with Gasteiger partial charge < -0.3 is 5.32 Å². The Morgan fingerprint density at radius 2 is 1.41 bits per heavy atom. The van der Waals surface area contributed by atoms with Crippen molar-refractivity contribution in [2.75, 3.05) is 0 Å². The van der Waals surface area contributed by atoms with Gasteiger partial charge in [-0.25, -0.2) is 0 Å². The SMILES string of the molecule is CCC(=O)N[C@@H](c1ccccc1)[C@H](c1ccccc1)c1ccc(Cl)c(Cl)c1. The average molecular weight is 398 g/mol. The Hall–Kier alpha value is -2.29. The van der Waals surface area contributed by atoms with Gasteiger partial charge in [-0.1, -0.05) is 96.9 Å². The molecule has 138 valence electrons. The number of carbonyl (C=O) groups excluding carboxylic acids is 1. The number of hydrogen-bond acceptors (Lipinski definition) is 1. The van der Waals surface area contributed by atoms with Crippen LogP contribution in [-0.4, -0.2) is 5.91 Å². The molecule has 0 aliphatic rings. The van der Waals surface area contributed by atoms with E-state index < -0.39 is 0 Å². The van der Waals surface area contributed by atoms with E-state index in [0.717, 1.165) is 16.7 Å². The fourth-order valence-electron chi connectivity index (χ4n) is 3.24. The van der Waals surface area contributed by atoms with Crippen LogP contribution in [0.1, 0.15) is 42.0 Å². The van der Waals surface area contributed by atoms with E-state index in [9.17, 15) is 4.79 Å². The number of carbonyl (C=O) groups is 1. The van der Waals surface area contributed by atoms with Crippen LogP contribution in [0.25, 0.3) is 0 Å². The highest BCUT2D eigenvalue weighted by Crippen LogP contribution is 2.39. The summed E-state index contributed by atoms with van der Waals surface area (Å²) in [6.45, 7) is 1.86. The summed E-state index contributed by atoms with van der Waals surface area (Å²) in [5.41, 5.74) is 3.14. The van der Waals surface area contributed by atoms with Crippen molar-refractivity contribution in [3.05, 3.63) is 106 Å². The Morgan fingerprint density at radius 1 is 0.815 bits per heavy atom. The Kier molecular flexibility index (Phi) is 6.54. The van der Waals surface area contributed by atoms with Crippen molar-refractivity contribution >= 4 is 29.1 Å². The van der Waals surface area contributed by atoms with E-state index in [-0.39, 0.29) is 17.9 Å². The number of benzene rings is 3. The summed E-state index contributed by atoms with van der Waals surface area (Å²) < 4.78 is 0. The fourth-order valence-corrected chi connectivity index (χ4v) is 3.55. The van der Waals surface area contributed by atoms with Crippen LogP contribution in [0.15, 0.2) is 78.9 Å². The second-order valence-electron chi connectivity index (χ2n) is 6.37. The number of halogens is 2. The van der Waals surface area contributed by atoms with Gasteiger partial charge in [0.15, 0.2) is 0 Å². The molecular weight excluding hydrogens is 377 g/mol. The molecule has 0 saturated heterocycles. The molecule has 0 unspecified atom stereocenters. The quantitative estimate of drug-likeness (QED) is 0.512. The third-order valence-corrected chi connectivity index (χ3v) is 5.33. The lowest BCUT2D eigenvalue weighted by atomic mass is 9.81. The zero-order chi connectivity index (χ0) is 19.2. The molecule has 1 amide bonds. The van der Waals surface area contributed by atoms with Crippen LogP contribution < -0.4 is 5.32 Å². The molecule has 0 saturated carbocycles. The molecule has 0 aliphatic carbocycles. The third kappa shape index (κ3) is 4.71. The standard InChI is InChI=1S/C23H21Cl2NO/c1-2-21(27)26-23(17-11-7-4-8-12-17)22(16-9-5-3-6-10-16)18-13-14-19(24)20(25)15-18/h3-15,22-23H,2H2,1H3,(H,26,27)/t22-,23+/m1/s1. The summed E-state index contributed by atoms with van der Waals surface area (Å²) in [7, 11) is 0. The molecule has 0 aromatic heterocycles. The first kappa shape index (κ1) is 19.5. The fraction of sp³-hybridized carbons (Fsp3) is 0.174. The number of nitrogens with one attached hydrogen (secondary N) is 1. The molecular formula is C23H21Cl2NO. The molecule has 3 rings (SSSR count). The summed E-state index contributed by atoms with van der Waals surface area (Å²) in [6.07, 6.45) is 0.423. The number of hydrogen-bond donors (Lipinski definition) is 1. The molecule has 3 aromatic carbocycles. The van der Waals surface area contributed by atoms with Crippen LogP contribution in [0.5, 0.6) is 0 Å². The topological polar surface area (TPSA) is 29.1 Å². The lowest BCUT2D eigenvalue weighted by molar-refractivity contribution is -0.121. The number of amides is 1. The number of rotatable bonds is 6. The monoisotopic (exact) mass is 397 g/mol. The Balaban J connectivity index is 2.15. The summed E-state index contributed by atoms with van der Waals surface area (Å²) in [6, 6.07) is 25.6. The van der Waals surface area contributed by atoms with Gasteiger partial charge in [-0.15, -0.1) is 0 Å². The molecule has 0 aliphatic heterocycles. The first-order valence-electron chi connectivity index (χ1n) is 8.94. The normalized spacial score (nSPS) is 13.0. The second-order valence-corrected chi connectivity index (χ2v) is 7.19. The zero-order valence-corrected chi connectivity index (χ0v) is 16.5. The van der Waals surface area contributed by atoms with E-state index in [1.165, 1.54) is 0 Å². The summed E-state index contributed by atoms with van der Waals surface area (Å²) >= 11 is 12.4. The first-order chi connectivity index (χ1) is 13.1. The zero-order valence-electron chi connectivity index (χ0n) is 15.0. The van der Waals surface area contributed by atoms with E-state index in [1.54, 1.807) is 6.07 Å². The summed E-state index contributed by atoms with van der Waals surface area (Å²) in [5.74, 6) is -0.0938. The first-order valence-corrected chi connectivity index (χ1v) is 9.70. The van der Waals surface area contributed by atoms with Crippen LogP contribution >= 0.6 is 23.2 Å². The van der Waals surface area contributed by atoms with Crippen molar-refractivity contribution in [2.24, 2.45) is 0 Å². The lowest BCUT2D eigenvalue weighted by Crippen LogP contribution is -2.32. The van der Waals surface area contributed by atoms with Crippen molar-refractivity contribution in [2.45, 2.75) is 25.3 Å². The minimum atomic E-state index is -0.224. The van der Waals surface area contributed by atoms with Gasteiger partial charge in [0.25, 0.3) is 0 Å². The maximum Gasteiger partial charge on any atom is 0.220 e. The van der Waals surface area contributed by atoms with Gasteiger partial charge in [0.2, 0.25) is 5.91 Å². The molecule has 0 radical (unpaired) electrons. The van der Waals surface area contributed by atoms with Crippen molar-refractivity contribution in [1.29, 1.82) is 0 Å². The molecule has 3 aromatic rings. The van der Waals surface area contributed by atoms with Crippen molar-refractivity contribution in [3.8, 4) is 0 Å². The largest absolute Gasteiger partial charge is 0.348 e. The van der Waals surface area contributed by atoms with E-state index in [4.69, 9.17) is 23.2 Å². The van der Waals surface area contributed by atoms with Gasteiger partial charge in [-0.3, -0.25) is 4.79 Å². The Bertz CT molecular complexity index is 897. The molecule has 4 heteroatoms. The third-order valence-electron chi connectivity index (χ3n) is 4.59. The maximum atomic E-state index is 12.3. The van der Waals surface area contributed by atoms with E-state index >= 15 is 0 Å². The molecule has 0 bridgehead atoms. The lowest BCUT2D eigenvalue weighted by Gasteiger charge is -2.30. The minimum Gasteiger partial charge on any atom is -0.348 e. The van der Waals surface area contributed by atoms with Crippen LogP contribution in [0.3, 0.4) is 0 Å². The van der Waals surface area contributed by atoms with Crippen molar-refractivity contribution in [1.82, 2.24) is 5.32 Å². The van der Waals surface area contributed by atoms with Crippen LogP contribution in [0.2, 0.25) is 10.0 Å². The van der Waals surface area contributed by atoms with Gasteiger partial charge in [0.1, 0.15) is 0 Å². The van der Waals surface area contributed by atoms with Crippen LogP contribution in [0.4, 0.5) is 0 Å². The molecule has 2 atom stereocenters. The summed E-state index contributed by atoms with van der Waals surface area (Å²) in [5, 5.41) is 4.22. The van der Waals surface area contributed by atoms with Gasteiger partial charge in [0, 0.05) is 12.3 Å². The van der Waals surface area contributed by atoms with Gasteiger partial charge in [-0.2, -0.15) is 0 Å². The highest BCUT2D eigenvalue weighted by molar-refractivity contribution is 6.42. The van der Waals surface area contributed by atoms with Gasteiger partial charge in [-0.05, 0) is 28.8 Å². The van der Waals surface area contributed by atoms with E-state index in [0.29, 0.717) is 16.5 Å². The van der Waals surface area contributed by atoms with Crippen LogP contribution in [-0.2, 0) is 4.79 Å². The smallest absolute Gasteiger partial charge is 0.220 e. The molecule has 1 N–H and O–H groups in total. The molecule has 2 nitrogen and oxygen atoms in total. The second kappa shape index (κ2) is 9.07. The van der Waals surface area contributed by atoms with E-state index in [2.05, 4.69) is 17.4 Å². The van der Waals surface area contributed by atoms with Crippen molar-refractivity contribution in [3.63, 3.8) is 0 Å². The van der Waals surface area contributed by atoms with Crippen molar-refractivity contribution < 1.29 is 4.79 Å². The Labute approximate surface area is 170 Å². The maximum absolute atomic E-state index is 12.3. The Morgan fingerprint density at radius 3 is 1.96 bits per heavy atom. The van der Waals surface area contributed by atoms with Gasteiger partial charge in [0.05, 0.1) is 16.1 Å². The minimum absolute atomic E-state index is 0.00449. The summed E-state index contributed by atoms with van der Waals surface area (Å²) in [4.78, 5) is 12.3. The predicted octanol–water partition coefficient (Wildman–Crippen LogP) is 6.39. The molecule has 0 spiro atoms. The highest BCUT2D eigenvalue weighted by Gasteiger charge is 2.28. The van der Waals surface area contributed by atoms with Crippen LogP contribution in [0, 0.1) is 0 Å². The molecule has 0 heterocycles.